The van der Waals surface area contributed by atoms with Crippen LogP contribution in [0.25, 0.3) is 0 Å². The lowest BCUT2D eigenvalue weighted by Gasteiger charge is -2.11. The molecule has 98 valence electrons. The third kappa shape index (κ3) is 3.84. The Morgan fingerprint density at radius 3 is 2.56 bits per heavy atom. The molecular formula is C13H17FN2O2. The molecule has 1 aromatic carbocycles. The van der Waals surface area contributed by atoms with Crippen molar-refractivity contribution in [2.24, 2.45) is 5.92 Å². The van der Waals surface area contributed by atoms with Gasteiger partial charge in [0.25, 0.3) is 0 Å². The van der Waals surface area contributed by atoms with E-state index in [9.17, 15) is 14.0 Å². The van der Waals surface area contributed by atoms with Gasteiger partial charge in [0.05, 0.1) is 5.69 Å². The highest BCUT2D eigenvalue weighted by Gasteiger charge is 2.12. The maximum absolute atomic E-state index is 13.4. The van der Waals surface area contributed by atoms with Crippen molar-refractivity contribution in [2.45, 2.75) is 27.2 Å². The predicted molar refractivity (Wildman–Crippen MR) is 68.8 cm³/mol. The van der Waals surface area contributed by atoms with Crippen LogP contribution in [0.15, 0.2) is 18.2 Å². The summed E-state index contributed by atoms with van der Waals surface area (Å²) in [6.45, 7) is 5.02. The fourth-order valence-electron chi connectivity index (χ4n) is 1.34. The molecule has 0 aliphatic heterocycles. The number of carbonyl (C=O) groups excluding carboxylic acids is 2. The molecule has 0 spiro atoms. The minimum atomic E-state index is -0.535. The third-order valence-corrected chi connectivity index (χ3v) is 2.60. The molecule has 2 N–H and O–H groups in total. The second-order valence-electron chi connectivity index (χ2n) is 4.17. The van der Waals surface area contributed by atoms with E-state index in [4.69, 9.17) is 0 Å². The smallest absolute Gasteiger partial charge is 0.227 e. The molecule has 0 aromatic heterocycles. The first-order valence-corrected chi connectivity index (χ1v) is 5.82. The first-order chi connectivity index (χ1) is 8.43. The van der Waals surface area contributed by atoms with Crippen LogP contribution in [0, 0.1) is 11.7 Å². The van der Waals surface area contributed by atoms with Crippen molar-refractivity contribution in [3.05, 3.63) is 24.0 Å². The van der Waals surface area contributed by atoms with E-state index in [0.717, 1.165) is 6.42 Å². The average molecular weight is 252 g/mol. The summed E-state index contributed by atoms with van der Waals surface area (Å²) in [5, 5.41) is 5.04. The molecule has 0 heterocycles. The highest BCUT2D eigenvalue weighted by Crippen LogP contribution is 2.20. The molecule has 18 heavy (non-hydrogen) atoms. The van der Waals surface area contributed by atoms with Gasteiger partial charge in [0.2, 0.25) is 11.8 Å². The fraction of sp³-hybridized carbons (Fsp3) is 0.385. The summed E-state index contributed by atoms with van der Waals surface area (Å²) < 4.78 is 13.4. The molecule has 0 radical (unpaired) electrons. The van der Waals surface area contributed by atoms with E-state index in [0.29, 0.717) is 5.69 Å². The van der Waals surface area contributed by atoms with Gasteiger partial charge in [0.15, 0.2) is 0 Å². The van der Waals surface area contributed by atoms with E-state index in [1.165, 1.54) is 25.1 Å². The SMILES string of the molecule is CC[C@H](C)C(=O)Nc1ccc(F)c(NC(C)=O)c1. The van der Waals surface area contributed by atoms with Gasteiger partial charge in [-0.3, -0.25) is 9.59 Å². The Bertz CT molecular complexity index is 460. The zero-order valence-corrected chi connectivity index (χ0v) is 10.7. The number of rotatable bonds is 4. The van der Waals surface area contributed by atoms with Gasteiger partial charge in [-0.15, -0.1) is 0 Å². The van der Waals surface area contributed by atoms with Crippen molar-refractivity contribution in [3.8, 4) is 0 Å². The molecule has 1 rings (SSSR count). The Labute approximate surface area is 106 Å². The molecule has 0 unspecified atom stereocenters. The van der Waals surface area contributed by atoms with Gasteiger partial charge in [-0.1, -0.05) is 13.8 Å². The largest absolute Gasteiger partial charge is 0.326 e. The van der Waals surface area contributed by atoms with Crippen LogP contribution in [0.4, 0.5) is 15.8 Å². The van der Waals surface area contributed by atoms with Gasteiger partial charge in [-0.25, -0.2) is 4.39 Å². The van der Waals surface area contributed by atoms with Crippen molar-refractivity contribution < 1.29 is 14.0 Å². The number of hydrogen-bond acceptors (Lipinski definition) is 2. The Hall–Kier alpha value is -1.91. The lowest BCUT2D eigenvalue weighted by molar-refractivity contribution is -0.119. The summed E-state index contributed by atoms with van der Waals surface area (Å²) in [6, 6.07) is 4.06. The lowest BCUT2D eigenvalue weighted by Crippen LogP contribution is -2.19. The zero-order chi connectivity index (χ0) is 13.7. The monoisotopic (exact) mass is 252 g/mol. The fourth-order valence-corrected chi connectivity index (χ4v) is 1.34. The van der Waals surface area contributed by atoms with E-state index in [1.54, 1.807) is 0 Å². The first-order valence-electron chi connectivity index (χ1n) is 5.82. The number of amides is 2. The van der Waals surface area contributed by atoms with Crippen LogP contribution in [0.2, 0.25) is 0 Å². The number of nitrogens with one attached hydrogen (secondary N) is 2. The summed E-state index contributed by atoms with van der Waals surface area (Å²) in [5.74, 6) is -1.14. The summed E-state index contributed by atoms with van der Waals surface area (Å²) in [6.07, 6.45) is 0.728. The number of benzene rings is 1. The van der Waals surface area contributed by atoms with Crippen molar-refractivity contribution >= 4 is 23.2 Å². The average Bonchev–Trinajstić information content (AvgIpc) is 2.31. The Balaban J connectivity index is 2.85. The van der Waals surface area contributed by atoms with Crippen LogP contribution in [0.1, 0.15) is 27.2 Å². The molecule has 0 saturated carbocycles. The van der Waals surface area contributed by atoms with Crippen LogP contribution in [-0.4, -0.2) is 11.8 Å². The minimum Gasteiger partial charge on any atom is -0.326 e. The molecule has 1 atom stereocenters. The molecular weight excluding hydrogens is 235 g/mol. The van der Waals surface area contributed by atoms with Crippen LogP contribution in [-0.2, 0) is 9.59 Å². The first kappa shape index (κ1) is 14.2. The van der Waals surface area contributed by atoms with Crippen molar-refractivity contribution in [1.29, 1.82) is 0 Å². The van der Waals surface area contributed by atoms with Gasteiger partial charge >= 0.3 is 0 Å². The van der Waals surface area contributed by atoms with Crippen molar-refractivity contribution in [3.63, 3.8) is 0 Å². The Morgan fingerprint density at radius 2 is 2.00 bits per heavy atom. The highest BCUT2D eigenvalue weighted by atomic mass is 19.1. The van der Waals surface area contributed by atoms with Crippen LogP contribution in [0.3, 0.4) is 0 Å². The molecule has 5 heteroatoms. The summed E-state index contributed by atoms with van der Waals surface area (Å²) >= 11 is 0. The molecule has 0 fully saturated rings. The van der Waals surface area contributed by atoms with E-state index in [1.807, 2.05) is 13.8 Å². The predicted octanol–water partition coefficient (Wildman–Crippen LogP) is 2.77. The molecule has 0 aliphatic carbocycles. The summed E-state index contributed by atoms with van der Waals surface area (Å²) in [4.78, 5) is 22.6. The molecule has 0 saturated heterocycles. The molecule has 0 aliphatic rings. The Kier molecular flexibility index (Phi) is 4.83. The molecule has 2 amide bonds. The van der Waals surface area contributed by atoms with Gasteiger partial charge in [-0.2, -0.15) is 0 Å². The van der Waals surface area contributed by atoms with Crippen molar-refractivity contribution in [1.82, 2.24) is 0 Å². The topological polar surface area (TPSA) is 58.2 Å². The quantitative estimate of drug-likeness (QED) is 0.865. The van der Waals surface area contributed by atoms with Gasteiger partial charge in [0.1, 0.15) is 5.82 Å². The maximum Gasteiger partial charge on any atom is 0.227 e. The van der Waals surface area contributed by atoms with E-state index in [2.05, 4.69) is 10.6 Å². The lowest BCUT2D eigenvalue weighted by atomic mass is 10.1. The minimum absolute atomic E-state index is 0.0597. The normalized spacial score (nSPS) is 11.8. The second kappa shape index (κ2) is 6.14. The maximum atomic E-state index is 13.4. The van der Waals surface area contributed by atoms with Crippen LogP contribution in [0.5, 0.6) is 0 Å². The Morgan fingerprint density at radius 1 is 1.33 bits per heavy atom. The number of hydrogen-bond donors (Lipinski definition) is 2. The summed E-state index contributed by atoms with van der Waals surface area (Å²) in [5.41, 5.74) is 0.523. The van der Waals surface area contributed by atoms with Gasteiger partial charge in [0, 0.05) is 18.5 Å². The molecule has 4 nitrogen and oxygen atoms in total. The second-order valence-corrected chi connectivity index (χ2v) is 4.17. The van der Waals surface area contributed by atoms with Crippen LogP contribution < -0.4 is 10.6 Å². The molecule has 1 aromatic rings. The third-order valence-electron chi connectivity index (χ3n) is 2.60. The number of carbonyl (C=O) groups is 2. The van der Waals surface area contributed by atoms with E-state index < -0.39 is 5.82 Å². The van der Waals surface area contributed by atoms with Gasteiger partial charge < -0.3 is 10.6 Å². The number of anilines is 2. The standard InChI is InChI=1S/C13H17FN2O2/c1-4-8(2)13(18)16-10-5-6-11(14)12(7-10)15-9(3)17/h5-8H,4H2,1-3H3,(H,15,17)(H,16,18)/t8-/m0/s1. The van der Waals surface area contributed by atoms with Gasteiger partial charge in [-0.05, 0) is 24.6 Å². The summed E-state index contributed by atoms with van der Waals surface area (Å²) in [7, 11) is 0. The molecule has 0 bridgehead atoms. The van der Waals surface area contributed by atoms with Crippen molar-refractivity contribution in [2.75, 3.05) is 10.6 Å². The highest BCUT2D eigenvalue weighted by molar-refractivity contribution is 5.94. The zero-order valence-electron chi connectivity index (χ0n) is 10.7. The van der Waals surface area contributed by atoms with E-state index >= 15 is 0 Å². The van der Waals surface area contributed by atoms with E-state index in [-0.39, 0.29) is 23.4 Å². The van der Waals surface area contributed by atoms with Crippen LogP contribution >= 0.6 is 0 Å². The number of halogens is 1.